The van der Waals surface area contributed by atoms with E-state index in [0.29, 0.717) is 17.4 Å². The average molecular weight is 253 g/mol. The molecule has 0 spiro atoms. The fourth-order valence-electron chi connectivity index (χ4n) is 1.31. The van der Waals surface area contributed by atoms with Gasteiger partial charge in [0.15, 0.2) is 0 Å². The largest absolute Gasteiger partial charge is 0.444 e. The van der Waals surface area contributed by atoms with Crippen LogP contribution >= 0.6 is 0 Å². The second-order valence-electron chi connectivity index (χ2n) is 4.79. The van der Waals surface area contributed by atoms with E-state index in [1.165, 1.54) is 18.2 Å². The molecule has 1 rings (SSSR count). The number of aldehydes is 1. The number of hydrogen-bond donors (Lipinski definition) is 1. The first-order valence-corrected chi connectivity index (χ1v) is 5.50. The van der Waals surface area contributed by atoms with Gasteiger partial charge in [0, 0.05) is 11.1 Å². The third-order valence-electron chi connectivity index (χ3n) is 2.05. The van der Waals surface area contributed by atoms with Gasteiger partial charge in [-0.25, -0.2) is 9.18 Å². The van der Waals surface area contributed by atoms with E-state index in [0.717, 1.165) is 0 Å². The number of anilines is 1. The second-order valence-corrected chi connectivity index (χ2v) is 4.79. The van der Waals surface area contributed by atoms with Gasteiger partial charge in [-0.05, 0) is 26.8 Å². The molecule has 18 heavy (non-hydrogen) atoms. The summed E-state index contributed by atoms with van der Waals surface area (Å²) in [5.41, 5.74) is 0.267. The highest BCUT2D eigenvalue weighted by Crippen LogP contribution is 2.19. The summed E-state index contributed by atoms with van der Waals surface area (Å²) in [4.78, 5) is 22.2. The number of halogens is 1. The maximum absolute atomic E-state index is 12.7. The van der Waals surface area contributed by atoms with Crippen LogP contribution in [0.4, 0.5) is 14.9 Å². The Morgan fingerprint density at radius 2 is 2.11 bits per heavy atom. The van der Waals surface area contributed by atoms with Crippen molar-refractivity contribution >= 4 is 18.1 Å². The molecule has 0 aliphatic carbocycles. The summed E-state index contributed by atoms with van der Waals surface area (Å²) in [6, 6.07) is 4.35. The summed E-state index contributed by atoms with van der Waals surface area (Å²) < 4.78 is 17.8. The number of carbonyl (C=O) groups is 2. The van der Waals surface area contributed by atoms with E-state index in [2.05, 4.69) is 5.32 Å². The lowest BCUT2D eigenvalue weighted by Gasteiger charge is -2.20. The van der Waals surface area contributed by atoms with Crippen molar-refractivity contribution in [3.63, 3.8) is 0 Å². The third kappa shape index (κ3) is 4.16. The van der Waals surface area contributed by atoms with E-state index in [4.69, 9.17) is 4.74 Å². The molecule has 5 heteroatoms. The molecule has 1 N–H and O–H groups in total. The molecule has 0 atom stereocenters. The van der Waals surface area contributed by atoms with Gasteiger partial charge in [0.25, 0.3) is 0 Å². The molecule has 0 aliphatic heterocycles. The van der Waals surface area contributed by atoms with Gasteiger partial charge in [-0.2, -0.15) is 0 Å². The van der Waals surface area contributed by atoms with Crippen LogP contribution in [0.1, 0.15) is 36.7 Å². The van der Waals surface area contributed by atoms with Gasteiger partial charge in [0.1, 0.15) is 18.6 Å². The Morgan fingerprint density at radius 3 is 2.61 bits per heavy atom. The molecule has 0 aliphatic rings. The van der Waals surface area contributed by atoms with Crippen LogP contribution in [0.25, 0.3) is 0 Å². The Kier molecular flexibility index (Phi) is 4.42. The molecule has 0 saturated carbocycles. The number of nitrogens with one attached hydrogen (secondary N) is 1. The van der Waals surface area contributed by atoms with Gasteiger partial charge >= 0.3 is 6.09 Å². The molecule has 0 aromatic heterocycles. The van der Waals surface area contributed by atoms with Crippen molar-refractivity contribution in [2.45, 2.75) is 33.0 Å². The van der Waals surface area contributed by atoms with Gasteiger partial charge in [-0.1, -0.05) is 12.1 Å². The highest BCUT2D eigenvalue weighted by Gasteiger charge is 2.17. The zero-order valence-electron chi connectivity index (χ0n) is 10.6. The number of hydrogen-bond acceptors (Lipinski definition) is 3. The van der Waals surface area contributed by atoms with Gasteiger partial charge < -0.3 is 4.74 Å². The van der Waals surface area contributed by atoms with Crippen LogP contribution in [0.3, 0.4) is 0 Å². The topological polar surface area (TPSA) is 55.4 Å². The minimum absolute atomic E-state index is 0.247. The van der Waals surface area contributed by atoms with Crippen molar-refractivity contribution in [2.24, 2.45) is 0 Å². The normalized spacial score (nSPS) is 10.9. The predicted octanol–water partition coefficient (Wildman–Crippen LogP) is 3.32. The number of rotatable bonds is 3. The number of amides is 1. The SMILES string of the molecule is CC(C)(C)OC(=O)Nc1cc(C=O)ccc1CF. The van der Waals surface area contributed by atoms with Crippen LogP contribution in [-0.4, -0.2) is 18.0 Å². The fourth-order valence-corrected chi connectivity index (χ4v) is 1.31. The zero-order valence-corrected chi connectivity index (χ0v) is 10.6. The first-order valence-electron chi connectivity index (χ1n) is 5.50. The molecular formula is C13H16FNO3. The van der Waals surface area contributed by atoms with E-state index >= 15 is 0 Å². The first kappa shape index (κ1) is 14.2. The average Bonchev–Trinajstić information content (AvgIpc) is 2.26. The van der Waals surface area contributed by atoms with Gasteiger partial charge in [0.05, 0.1) is 5.69 Å². The first-order chi connectivity index (χ1) is 8.35. The third-order valence-corrected chi connectivity index (χ3v) is 2.05. The summed E-state index contributed by atoms with van der Waals surface area (Å²) in [7, 11) is 0. The van der Waals surface area contributed by atoms with Crippen LogP contribution in [0.15, 0.2) is 18.2 Å². The summed E-state index contributed by atoms with van der Waals surface area (Å²) in [5.74, 6) is 0. The molecule has 1 aromatic carbocycles. The van der Waals surface area contributed by atoms with Crippen LogP contribution in [0.5, 0.6) is 0 Å². The number of carbonyl (C=O) groups excluding carboxylic acids is 2. The molecule has 0 fully saturated rings. The van der Waals surface area contributed by atoms with Crippen LogP contribution in [0, 0.1) is 0 Å². The molecule has 98 valence electrons. The lowest BCUT2D eigenvalue weighted by molar-refractivity contribution is 0.0635. The molecular weight excluding hydrogens is 237 g/mol. The molecule has 1 amide bonds. The van der Waals surface area contributed by atoms with Crippen LogP contribution in [0.2, 0.25) is 0 Å². The Balaban J connectivity index is 2.88. The van der Waals surface area contributed by atoms with Crippen molar-refractivity contribution in [2.75, 3.05) is 5.32 Å². The van der Waals surface area contributed by atoms with E-state index in [-0.39, 0.29) is 5.69 Å². The number of benzene rings is 1. The summed E-state index contributed by atoms with van der Waals surface area (Å²) in [6.07, 6.45) is -0.0531. The van der Waals surface area contributed by atoms with Crippen molar-refractivity contribution < 1.29 is 18.7 Å². The molecule has 0 radical (unpaired) electrons. The molecule has 4 nitrogen and oxygen atoms in total. The fraction of sp³-hybridized carbons (Fsp3) is 0.385. The van der Waals surface area contributed by atoms with E-state index < -0.39 is 18.4 Å². The predicted molar refractivity (Wildman–Crippen MR) is 66.5 cm³/mol. The van der Waals surface area contributed by atoms with Crippen molar-refractivity contribution in [1.82, 2.24) is 0 Å². The Labute approximate surface area is 105 Å². The number of alkyl halides is 1. The summed E-state index contributed by atoms with van der Waals surface area (Å²) in [6.45, 7) is 4.45. The lowest BCUT2D eigenvalue weighted by atomic mass is 10.1. The zero-order chi connectivity index (χ0) is 13.8. The summed E-state index contributed by atoms with van der Waals surface area (Å²) in [5, 5.41) is 2.43. The van der Waals surface area contributed by atoms with E-state index in [1.807, 2.05) is 0 Å². The minimum Gasteiger partial charge on any atom is -0.444 e. The second kappa shape index (κ2) is 5.62. The van der Waals surface area contributed by atoms with E-state index in [9.17, 15) is 14.0 Å². The summed E-state index contributed by atoms with van der Waals surface area (Å²) >= 11 is 0. The Hall–Kier alpha value is -1.91. The molecule has 1 aromatic rings. The van der Waals surface area contributed by atoms with Crippen molar-refractivity contribution in [1.29, 1.82) is 0 Å². The Bertz CT molecular complexity index is 452. The Morgan fingerprint density at radius 1 is 1.44 bits per heavy atom. The van der Waals surface area contributed by atoms with E-state index in [1.54, 1.807) is 20.8 Å². The smallest absolute Gasteiger partial charge is 0.412 e. The highest BCUT2D eigenvalue weighted by atomic mass is 19.1. The minimum atomic E-state index is -0.732. The van der Waals surface area contributed by atoms with Crippen molar-refractivity contribution in [3.05, 3.63) is 29.3 Å². The van der Waals surface area contributed by atoms with Gasteiger partial charge in [-0.15, -0.1) is 0 Å². The number of ether oxygens (including phenoxy) is 1. The van der Waals surface area contributed by atoms with Crippen molar-refractivity contribution in [3.8, 4) is 0 Å². The van der Waals surface area contributed by atoms with Crippen LogP contribution < -0.4 is 5.32 Å². The molecule has 0 bridgehead atoms. The van der Waals surface area contributed by atoms with Crippen LogP contribution in [-0.2, 0) is 11.4 Å². The molecule has 0 unspecified atom stereocenters. The molecule has 0 saturated heterocycles. The lowest BCUT2D eigenvalue weighted by Crippen LogP contribution is -2.27. The van der Waals surface area contributed by atoms with Gasteiger partial charge in [0.2, 0.25) is 0 Å². The monoisotopic (exact) mass is 253 g/mol. The maximum atomic E-state index is 12.7. The maximum Gasteiger partial charge on any atom is 0.412 e. The van der Waals surface area contributed by atoms with Gasteiger partial charge in [-0.3, -0.25) is 10.1 Å². The quantitative estimate of drug-likeness (QED) is 0.841. The highest BCUT2D eigenvalue weighted by molar-refractivity contribution is 5.88. The molecule has 0 heterocycles. The standard InChI is InChI=1S/C13H16FNO3/c1-13(2,3)18-12(17)15-11-6-9(8-16)4-5-10(11)7-14/h4-6,8H,7H2,1-3H3,(H,15,17).